The van der Waals surface area contributed by atoms with Crippen molar-refractivity contribution in [2.45, 2.75) is 104 Å². The fourth-order valence-corrected chi connectivity index (χ4v) is 2.78. The molecule has 0 aromatic rings. The molecule has 0 aliphatic heterocycles. The molecule has 0 rings (SSSR count). The van der Waals surface area contributed by atoms with Crippen LogP contribution < -0.4 is 0 Å². The predicted octanol–water partition coefficient (Wildman–Crippen LogP) is 9.07. The molecule has 0 heteroatoms. The van der Waals surface area contributed by atoms with Crippen molar-refractivity contribution in [2.75, 3.05) is 0 Å². The summed E-state index contributed by atoms with van der Waals surface area (Å²) in [5, 5.41) is 0. The van der Waals surface area contributed by atoms with E-state index in [1.165, 1.54) is 89.9 Å². The molecule has 0 bridgehead atoms. The second kappa shape index (κ2) is 23.7. The number of unbranched alkanes of at least 4 members (excludes halogenated alkanes) is 12. The summed E-state index contributed by atoms with van der Waals surface area (Å²) in [6, 6.07) is 0. The van der Waals surface area contributed by atoms with Gasteiger partial charge in [-0.2, -0.15) is 0 Å². The van der Waals surface area contributed by atoms with Gasteiger partial charge in [0.15, 0.2) is 0 Å². The van der Waals surface area contributed by atoms with Crippen LogP contribution in [0.3, 0.4) is 0 Å². The van der Waals surface area contributed by atoms with Gasteiger partial charge >= 0.3 is 0 Å². The van der Waals surface area contributed by atoms with Gasteiger partial charge in [-0.3, -0.25) is 0 Å². The molecule has 0 aliphatic rings. The lowest BCUT2D eigenvalue weighted by atomic mass is 10.1. The van der Waals surface area contributed by atoms with Crippen molar-refractivity contribution in [3.05, 3.63) is 60.8 Å². The first-order valence-electron chi connectivity index (χ1n) is 11.1. The molecule has 0 fully saturated rings. The summed E-state index contributed by atoms with van der Waals surface area (Å²) < 4.78 is 0. The van der Waals surface area contributed by atoms with Crippen molar-refractivity contribution >= 4 is 0 Å². The first kappa shape index (κ1) is 24.7. The van der Waals surface area contributed by atoms with E-state index in [-0.39, 0.29) is 0 Å². The lowest BCUT2D eigenvalue weighted by molar-refractivity contribution is 0.592. The van der Waals surface area contributed by atoms with Crippen LogP contribution in [0.2, 0.25) is 0 Å². The Labute approximate surface area is 164 Å². The Balaban J connectivity index is 3.45. The number of hydrogen-bond donors (Lipinski definition) is 0. The Morgan fingerprint density at radius 1 is 0.500 bits per heavy atom. The van der Waals surface area contributed by atoms with Crippen LogP contribution in [-0.2, 0) is 0 Å². The molecule has 0 aromatic heterocycles. The highest BCUT2D eigenvalue weighted by Gasteiger charge is 1.88. The van der Waals surface area contributed by atoms with Gasteiger partial charge in [-0.05, 0) is 31.8 Å². The largest absolute Gasteiger partial charge is 0.0845 e. The highest BCUT2D eigenvalue weighted by molar-refractivity contribution is 5.14. The van der Waals surface area contributed by atoms with Crippen molar-refractivity contribution < 1.29 is 0 Å². The molecular weight excluding hydrogens is 312 g/mol. The zero-order valence-corrected chi connectivity index (χ0v) is 17.6. The molecule has 0 aromatic carbocycles. The second-order valence-electron chi connectivity index (χ2n) is 7.05. The summed E-state index contributed by atoms with van der Waals surface area (Å²) in [5.41, 5.74) is 0. The summed E-state index contributed by atoms with van der Waals surface area (Å²) in [5.74, 6) is 0. The minimum atomic E-state index is 1.20. The standard InChI is InChI=1S/C26H43/c1-3-5-7-9-11-13-15-17-19-21-23-25-26-24-22-20-18-16-14-12-10-8-6-4-2/h15,17,19-24,26H,3-14,16,18H2,1-2H3. The maximum absolute atomic E-state index is 3.16. The minimum Gasteiger partial charge on any atom is -0.0845 e. The van der Waals surface area contributed by atoms with Crippen LogP contribution in [0, 0.1) is 6.08 Å². The van der Waals surface area contributed by atoms with Crippen molar-refractivity contribution in [1.29, 1.82) is 0 Å². The van der Waals surface area contributed by atoms with Gasteiger partial charge in [0.2, 0.25) is 0 Å². The smallest absolute Gasteiger partial charge is 0.0184 e. The van der Waals surface area contributed by atoms with Crippen molar-refractivity contribution in [3.8, 4) is 0 Å². The van der Waals surface area contributed by atoms with Gasteiger partial charge < -0.3 is 0 Å². The zero-order valence-electron chi connectivity index (χ0n) is 17.6. The Bertz CT molecular complexity index is 392. The van der Waals surface area contributed by atoms with Gasteiger partial charge in [0.1, 0.15) is 0 Å². The van der Waals surface area contributed by atoms with E-state index in [1.54, 1.807) is 0 Å². The lowest BCUT2D eigenvalue weighted by Crippen LogP contribution is -1.78. The molecule has 0 heterocycles. The van der Waals surface area contributed by atoms with Crippen LogP contribution >= 0.6 is 0 Å². The summed E-state index contributed by atoms with van der Waals surface area (Å²) >= 11 is 0. The predicted molar refractivity (Wildman–Crippen MR) is 120 cm³/mol. The Morgan fingerprint density at radius 3 is 1.58 bits per heavy atom. The average Bonchev–Trinajstić information content (AvgIpc) is 2.66. The SMILES string of the molecule is CCCCCCCC=CC=C/C=[C]/C=CC=CCCCCCCCCC. The minimum absolute atomic E-state index is 1.20. The van der Waals surface area contributed by atoms with E-state index < -0.39 is 0 Å². The number of hydrogen-bond acceptors (Lipinski definition) is 0. The van der Waals surface area contributed by atoms with Gasteiger partial charge in [-0.1, -0.05) is 133 Å². The van der Waals surface area contributed by atoms with Gasteiger partial charge in [0.05, 0.1) is 0 Å². The van der Waals surface area contributed by atoms with Crippen LogP contribution in [-0.4, -0.2) is 0 Å². The monoisotopic (exact) mass is 355 g/mol. The molecule has 26 heavy (non-hydrogen) atoms. The van der Waals surface area contributed by atoms with Crippen LogP contribution in [0.5, 0.6) is 0 Å². The molecule has 0 amide bonds. The maximum atomic E-state index is 3.16. The van der Waals surface area contributed by atoms with Gasteiger partial charge in [0, 0.05) is 0 Å². The molecule has 0 nitrogen and oxygen atoms in total. The highest BCUT2D eigenvalue weighted by atomic mass is 13.9. The van der Waals surface area contributed by atoms with Crippen LogP contribution in [0.15, 0.2) is 54.7 Å². The molecule has 147 valence electrons. The molecule has 0 atom stereocenters. The second-order valence-corrected chi connectivity index (χ2v) is 7.05. The van der Waals surface area contributed by atoms with Crippen molar-refractivity contribution in [1.82, 2.24) is 0 Å². The highest BCUT2D eigenvalue weighted by Crippen LogP contribution is 2.08. The Kier molecular flexibility index (Phi) is 22.5. The van der Waals surface area contributed by atoms with E-state index in [1.807, 2.05) is 18.2 Å². The van der Waals surface area contributed by atoms with Gasteiger partial charge in [-0.15, -0.1) is 0 Å². The third-order valence-corrected chi connectivity index (χ3v) is 4.44. The van der Waals surface area contributed by atoms with E-state index in [0.717, 1.165) is 0 Å². The van der Waals surface area contributed by atoms with Gasteiger partial charge in [0.25, 0.3) is 0 Å². The first-order valence-corrected chi connectivity index (χ1v) is 11.1. The maximum Gasteiger partial charge on any atom is -0.0184 e. The van der Waals surface area contributed by atoms with E-state index >= 15 is 0 Å². The molecular formula is C26H43. The summed E-state index contributed by atoms with van der Waals surface area (Å²) in [6.45, 7) is 4.54. The fourth-order valence-electron chi connectivity index (χ4n) is 2.78. The number of rotatable bonds is 18. The molecule has 0 aliphatic carbocycles. The third-order valence-electron chi connectivity index (χ3n) is 4.44. The molecule has 0 N–H and O–H groups in total. The summed E-state index contributed by atoms with van der Waals surface area (Å²) in [7, 11) is 0. The summed E-state index contributed by atoms with van der Waals surface area (Å²) in [6.07, 6.45) is 41.0. The zero-order chi connectivity index (χ0) is 19.0. The van der Waals surface area contributed by atoms with E-state index in [0.29, 0.717) is 0 Å². The Morgan fingerprint density at radius 2 is 1.00 bits per heavy atom. The van der Waals surface area contributed by atoms with Crippen LogP contribution in [0.1, 0.15) is 104 Å². The molecule has 1 radical (unpaired) electrons. The molecule has 0 saturated carbocycles. The third kappa shape index (κ3) is 22.7. The molecule has 0 spiro atoms. The van der Waals surface area contributed by atoms with E-state index in [2.05, 4.69) is 56.4 Å². The average molecular weight is 356 g/mol. The molecule has 0 unspecified atom stereocenters. The Hall–Kier alpha value is -1.30. The van der Waals surface area contributed by atoms with E-state index in [9.17, 15) is 0 Å². The number of allylic oxidation sites excluding steroid dienone is 10. The van der Waals surface area contributed by atoms with Gasteiger partial charge in [-0.25, -0.2) is 0 Å². The van der Waals surface area contributed by atoms with Crippen LogP contribution in [0.4, 0.5) is 0 Å². The summed E-state index contributed by atoms with van der Waals surface area (Å²) in [4.78, 5) is 0. The normalized spacial score (nSPS) is 12.8. The molecule has 0 saturated heterocycles. The quantitative estimate of drug-likeness (QED) is 0.170. The van der Waals surface area contributed by atoms with Crippen LogP contribution in [0.25, 0.3) is 0 Å². The fraction of sp³-hybridized carbons (Fsp3) is 0.615. The first-order chi connectivity index (χ1) is 12.9. The topological polar surface area (TPSA) is 0 Å². The van der Waals surface area contributed by atoms with Crippen molar-refractivity contribution in [2.24, 2.45) is 0 Å². The van der Waals surface area contributed by atoms with Crippen molar-refractivity contribution in [3.63, 3.8) is 0 Å². The lowest BCUT2D eigenvalue weighted by Gasteiger charge is -1.98. The van der Waals surface area contributed by atoms with E-state index in [4.69, 9.17) is 0 Å².